The van der Waals surface area contributed by atoms with E-state index in [0.717, 1.165) is 37.3 Å². The summed E-state index contributed by atoms with van der Waals surface area (Å²) in [5.74, 6) is 1.07. The highest BCUT2D eigenvalue weighted by Crippen LogP contribution is 2.21. The van der Waals surface area contributed by atoms with E-state index in [1.165, 1.54) is 0 Å². The van der Waals surface area contributed by atoms with Crippen LogP contribution in [0.4, 0.5) is 0 Å². The molecule has 2 rings (SSSR count). The minimum absolute atomic E-state index is 0.0739. The van der Waals surface area contributed by atoms with Gasteiger partial charge in [-0.1, -0.05) is 0 Å². The van der Waals surface area contributed by atoms with Crippen molar-refractivity contribution in [2.24, 2.45) is 5.73 Å². The second-order valence-corrected chi connectivity index (χ2v) is 5.70. The molecule has 6 nitrogen and oxygen atoms in total. The van der Waals surface area contributed by atoms with Crippen LogP contribution in [0.15, 0.2) is 4.42 Å². The fourth-order valence-electron chi connectivity index (χ4n) is 2.84. The lowest BCUT2D eigenvalue weighted by atomic mass is 10.0. The van der Waals surface area contributed by atoms with Crippen molar-refractivity contribution in [3.8, 4) is 0 Å². The summed E-state index contributed by atoms with van der Waals surface area (Å²) >= 11 is 0. The van der Waals surface area contributed by atoms with E-state index in [1.54, 1.807) is 0 Å². The Bertz CT molecular complexity index is 543. The zero-order valence-corrected chi connectivity index (χ0v) is 12.9. The van der Waals surface area contributed by atoms with Gasteiger partial charge in [-0.25, -0.2) is 0 Å². The van der Waals surface area contributed by atoms with E-state index in [4.69, 9.17) is 10.2 Å². The Morgan fingerprint density at radius 1 is 1.24 bits per heavy atom. The largest absolute Gasteiger partial charge is 0.466 e. The number of aryl methyl sites for hydroxylation is 2. The second-order valence-electron chi connectivity index (χ2n) is 5.70. The van der Waals surface area contributed by atoms with Gasteiger partial charge in [-0.2, -0.15) is 0 Å². The Kier molecular flexibility index (Phi) is 4.67. The summed E-state index contributed by atoms with van der Waals surface area (Å²) in [7, 11) is 0. The molecule has 0 aliphatic carbocycles. The molecule has 2 amide bonds. The van der Waals surface area contributed by atoms with Crippen LogP contribution in [0.1, 0.15) is 40.3 Å². The number of carbonyl (C=O) groups is 2. The zero-order chi connectivity index (χ0) is 15.6. The predicted molar refractivity (Wildman–Crippen MR) is 79.0 cm³/mol. The molecule has 1 fully saturated rings. The predicted octanol–water partition coefficient (Wildman–Crippen LogP) is 0.884. The third-order valence-electron chi connectivity index (χ3n) is 4.09. The first-order valence-corrected chi connectivity index (χ1v) is 7.26. The number of rotatable bonds is 4. The van der Waals surface area contributed by atoms with Crippen molar-refractivity contribution in [2.45, 2.75) is 39.7 Å². The summed E-state index contributed by atoms with van der Waals surface area (Å²) in [6.07, 6.45) is 1.65. The number of furan rings is 1. The standard InChI is InChI=1S/C15H23N3O3/c1-9-10(2)21-11(3)14(9)15(20)17-12-4-6-18(7-5-12)8-13(16)19/h12H,4-8H2,1-3H3,(H2,16,19)(H,17,20). The molecule has 0 bridgehead atoms. The number of likely N-dealkylation sites (tertiary alicyclic amines) is 1. The van der Waals surface area contributed by atoms with E-state index in [1.807, 2.05) is 25.7 Å². The SMILES string of the molecule is Cc1oc(C)c(C(=O)NC2CCN(CC(N)=O)CC2)c1C. The normalized spacial score (nSPS) is 16.9. The van der Waals surface area contributed by atoms with Crippen molar-refractivity contribution in [3.05, 3.63) is 22.6 Å². The molecule has 2 heterocycles. The van der Waals surface area contributed by atoms with Gasteiger partial charge in [0.15, 0.2) is 0 Å². The fraction of sp³-hybridized carbons (Fsp3) is 0.600. The Morgan fingerprint density at radius 3 is 2.33 bits per heavy atom. The summed E-state index contributed by atoms with van der Waals surface area (Å²) in [5, 5.41) is 3.06. The molecule has 6 heteroatoms. The van der Waals surface area contributed by atoms with Crippen LogP contribution in [-0.2, 0) is 4.79 Å². The highest BCUT2D eigenvalue weighted by atomic mass is 16.3. The van der Waals surface area contributed by atoms with E-state index < -0.39 is 0 Å². The highest BCUT2D eigenvalue weighted by Gasteiger charge is 2.24. The minimum atomic E-state index is -0.308. The number of hydrogen-bond donors (Lipinski definition) is 2. The van der Waals surface area contributed by atoms with Crippen LogP contribution in [0, 0.1) is 20.8 Å². The summed E-state index contributed by atoms with van der Waals surface area (Å²) in [5.41, 5.74) is 6.73. The minimum Gasteiger partial charge on any atom is -0.466 e. The molecular formula is C15H23N3O3. The topological polar surface area (TPSA) is 88.6 Å². The average molecular weight is 293 g/mol. The summed E-state index contributed by atoms with van der Waals surface area (Å²) in [4.78, 5) is 25.3. The van der Waals surface area contributed by atoms with Crippen LogP contribution in [0.3, 0.4) is 0 Å². The number of hydrogen-bond acceptors (Lipinski definition) is 4. The van der Waals surface area contributed by atoms with Crippen molar-refractivity contribution < 1.29 is 14.0 Å². The molecule has 0 radical (unpaired) electrons. The molecular weight excluding hydrogens is 270 g/mol. The van der Waals surface area contributed by atoms with Crippen molar-refractivity contribution in [1.82, 2.24) is 10.2 Å². The lowest BCUT2D eigenvalue weighted by Gasteiger charge is -2.31. The number of primary amides is 1. The zero-order valence-electron chi connectivity index (χ0n) is 12.9. The molecule has 1 aromatic rings. The van der Waals surface area contributed by atoms with Crippen LogP contribution < -0.4 is 11.1 Å². The van der Waals surface area contributed by atoms with Crippen LogP contribution in [0.2, 0.25) is 0 Å². The Hall–Kier alpha value is -1.82. The number of nitrogens with one attached hydrogen (secondary N) is 1. The lowest BCUT2D eigenvalue weighted by Crippen LogP contribution is -2.46. The summed E-state index contributed by atoms with van der Waals surface area (Å²) in [6.45, 7) is 7.41. The number of nitrogens with two attached hydrogens (primary N) is 1. The van der Waals surface area contributed by atoms with E-state index >= 15 is 0 Å². The smallest absolute Gasteiger partial charge is 0.255 e. The van der Waals surface area contributed by atoms with E-state index in [-0.39, 0.29) is 17.9 Å². The van der Waals surface area contributed by atoms with E-state index in [0.29, 0.717) is 17.9 Å². The van der Waals surface area contributed by atoms with Gasteiger partial charge in [0, 0.05) is 24.7 Å². The molecule has 1 saturated heterocycles. The average Bonchev–Trinajstić information content (AvgIpc) is 2.65. The fourth-order valence-corrected chi connectivity index (χ4v) is 2.84. The molecule has 0 saturated carbocycles. The third kappa shape index (κ3) is 3.64. The van der Waals surface area contributed by atoms with Gasteiger partial charge in [-0.05, 0) is 33.6 Å². The monoisotopic (exact) mass is 293 g/mol. The van der Waals surface area contributed by atoms with Crippen molar-refractivity contribution in [2.75, 3.05) is 19.6 Å². The number of piperidine rings is 1. The van der Waals surface area contributed by atoms with Crippen LogP contribution in [0.5, 0.6) is 0 Å². The summed E-state index contributed by atoms with van der Waals surface area (Å²) in [6, 6.07) is 0.135. The first kappa shape index (κ1) is 15.6. The van der Waals surface area contributed by atoms with Crippen LogP contribution in [0.25, 0.3) is 0 Å². The Balaban J connectivity index is 1.91. The molecule has 1 aromatic heterocycles. The maximum atomic E-state index is 12.4. The van der Waals surface area contributed by atoms with Crippen molar-refractivity contribution in [3.63, 3.8) is 0 Å². The number of nitrogens with zero attached hydrogens (tertiary/aromatic N) is 1. The van der Waals surface area contributed by atoms with Crippen LogP contribution in [-0.4, -0.2) is 42.4 Å². The highest BCUT2D eigenvalue weighted by molar-refractivity contribution is 5.97. The molecule has 0 aromatic carbocycles. The molecule has 1 aliphatic heterocycles. The Morgan fingerprint density at radius 2 is 1.86 bits per heavy atom. The molecule has 116 valence electrons. The van der Waals surface area contributed by atoms with Crippen LogP contribution >= 0.6 is 0 Å². The Labute approximate surface area is 124 Å². The molecule has 21 heavy (non-hydrogen) atoms. The van der Waals surface area contributed by atoms with Gasteiger partial charge in [0.25, 0.3) is 5.91 Å². The van der Waals surface area contributed by atoms with Gasteiger partial charge in [0.05, 0.1) is 12.1 Å². The number of carbonyl (C=O) groups excluding carboxylic acids is 2. The second kappa shape index (κ2) is 6.30. The van der Waals surface area contributed by atoms with Crippen molar-refractivity contribution in [1.29, 1.82) is 0 Å². The lowest BCUT2D eigenvalue weighted by molar-refractivity contribution is -0.119. The maximum Gasteiger partial charge on any atom is 0.255 e. The van der Waals surface area contributed by atoms with Crippen molar-refractivity contribution >= 4 is 11.8 Å². The summed E-state index contributed by atoms with van der Waals surface area (Å²) < 4.78 is 5.50. The van der Waals surface area contributed by atoms with Gasteiger partial charge >= 0.3 is 0 Å². The third-order valence-corrected chi connectivity index (χ3v) is 4.09. The van der Waals surface area contributed by atoms with Gasteiger partial charge < -0.3 is 15.5 Å². The molecule has 1 aliphatic rings. The molecule has 0 unspecified atom stereocenters. The first-order chi connectivity index (χ1) is 9.88. The van der Waals surface area contributed by atoms with Gasteiger partial charge in [0.1, 0.15) is 11.5 Å². The first-order valence-electron chi connectivity index (χ1n) is 7.26. The maximum absolute atomic E-state index is 12.4. The van der Waals surface area contributed by atoms with Gasteiger partial charge in [-0.15, -0.1) is 0 Å². The van der Waals surface area contributed by atoms with Gasteiger partial charge in [0.2, 0.25) is 5.91 Å². The number of amides is 2. The quantitative estimate of drug-likeness (QED) is 0.862. The molecule has 3 N–H and O–H groups in total. The van der Waals surface area contributed by atoms with E-state index in [2.05, 4.69) is 5.32 Å². The molecule has 0 atom stereocenters. The molecule has 0 spiro atoms. The van der Waals surface area contributed by atoms with E-state index in [9.17, 15) is 9.59 Å². The van der Waals surface area contributed by atoms with Gasteiger partial charge in [-0.3, -0.25) is 14.5 Å².